The maximum atomic E-state index is 13.4. The Hall–Kier alpha value is -4.52. The number of nitrogens with two attached hydrogens (primary N) is 1. The summed E-state index contributed by atoms with van der Waals surface area (Å²) in [5.41, 5.74) is 14.1. The summed E-state index contributed by atoms with van der Waals surface area (Å²) in [4.78, 5) is 34.3. The van der Waals surface area contributed by atoms with Gasteiger partial charge in [-0.25, -0.2) is 9.97 Å². The number of benzene rings is 2. The Morgan fingerprint density at radius 1 is 1.13 bits per heavy atom. The number of nitrogen functional groups attached to an aromatic ring is 1. The van der Waals surface area contributed by atoms with Crippen LogP contribution in [0.3, 0.4) is 0 Å². The monoisotopic (exact) mass is 503 g/mol. The van der Waals surface area contributed by atoms with E-state index in [1.54, 1.807) is 6.92 Å². The van der Waals surface area contributed by atoms with Crippen molar-refractivity contribution in [3.63, 3.8) is 0 Å². The highest BCUT2D eigenvalue weighted by Crippen LogP contribution is 2.50. The molecule has 3 N–H and O–H groups in total. The van der Waals surface area contributed by atoms with E-state index in [4.69, 9.17) is 5.73 Å². The number of hydrogen-bond acceptors (Lipinski definition) is 5. The van der Waals surface area contributed by atoms with Gasteiger partial charge in [-0.15, -0.1) is 0 Å². The number of ketones is 1. The van der Waals surface area contributed by atoms with Gasteiger partial charge in [0, 0.05) is 34.9 Å². The Labute approximate surface area is 221 Å². The van der Waals surface area contributed by atoms with Gasteiger partial charge in [0.15, 0.2) is 5.78 Å². The number of nitrogens with one attached hydrogen (secondary N) is 1. The fourth-order valence-corrected chi connectivity index (χ4v) is 5.99. The minimum atomic E-state index is -0.372. The molecule has 7 heteroatoms. The van der Waals surface area contributed by atoms with E-state index in [1.165, 1.54) is 6.33 Å². The second-order valence-electron chi connectivity index (χ2n) is 10.4. The van der Waals surface area contributed by atoms with Gasteiger partial charge in [-0.05, 0) is 61.4 Å². The molecule has 0 unspecified atom stereocenters. The molecule has 0 radical (unpaired) electrons. The average Bonchev–Trinajstić information content (AvgIpc) is 3.37. The third kappa shape index (κ3) is 3.65. The zero-order valence-electron chi connectivity index (χ0n) is 21.5. The van der Waals surface area contributed by atoms with E-state index in [-0.39, 0.29) is 17.1 Å². The number of carbonyl (C=O) groups is 2. The van der Waals surface area contributed by atoms with E-state index in [0.29, 0.717) is 23.5 Å². The lowest BCUT2D eigenvalue weighted by Gasteiger charge is -2.31. The van der Waals surface area contributed by atoms with E-state index in [9.17, 15) is 9.59 Å². The van der Waals surface area contributed by atoms with E-state index < -0.39 is 0 Å². The lowest BCUT2D eigenvalue weighted by Crippen LogP contribution is -2.29. The Kier molecular flexibility index (Phi) is 5.52. The highest BCUT2D eigenvalue weighted by molar-refractivity contribution is 6.07. The van der Waals surface area contributed by atoms with Gasteiger partial charge in [0.2, 0.25) is 0 Å². The normalized spacial score (nSPS) is 18.5. The summed E-state index contributed by atoms with van der Waals surface area (Å²) in [6.07, 6.45) is 6.72. The molecular formula is C31H29N5O2. The van der Waals surface area contributed by atoms with Crippen LogP contribution >= 0.6 is 0 Å². The SMILES string of the molecule is C=C(C)C(=O)Nc1ccc(-c2c(C3=CC[C@@]4(CC3)Cc3ccccc3C4=O)c3c(N)ncnc3n2C)cc1. The maximum Gasteiger partial charge on any atom is 0.250 e. The Balaban J connectivity index is 1.42. The predicted octanol–water partition coefficient (Wildman–Crippen LogP) is 5.72. The lowest BCUT2D eigenvalue weighted by atomic mass is 9.71. The van der Waals surface area contributed by atoms with E-state index in [0.717, 1.165) is 63.8 Å². The number of allylic oxidation sites excluding steroid dienone is 2. The van der Waals surface area contributed by atoms with Gasteiger partial charge in [-0.1, -0.05) is 49.1 Å². The number of fused-ring (bicyclic) bond motifs is 2. The molecule has 1 atom stereocenters. The number of aromatic nitrogens is 3. The predicted molar refractivity (Wildman–Crippen MR) is 151 cm³/mol. The summed E-state index contributed by atoms with van der Waals surface area (Å²) in [5, 5.41) is 3.68. The van der Waals surface area contributed by atoms with Gasteiger partial charge in [0.25, 0.3) is 5.91 Å². The van der Waals surface area contributed by atoms with Crippen molar-refractivity contribution in [1.29, 1.82) is 0 Å². The first-order valence-electron chi connectivity index (χ1n) is 12.8. The number of anilines is 2. The number of rotatable bonds is 4. The summed E-state index contributed by atoms with van der Waals surface area (Å²) < 4.78 is 2.05. The van der Waals surface area contributed by atoms with Crippen LogP contribution < -0.4 is 11.1 Å². The summed E-state index contributed by atoms with van der Waals surface area (Å²) in [6, 6.07) is 15.7. The van der Waals surface area contributed by atoms with Crippen molar-refractivity contribution in [2.45, 2.75) is 32.6 Å². The van der Waals surface area contributed by atoms with Crippen LogP contribution in [0.5, 0.6) is 0 Å². The lowest BCUT2D eigenvalue weighted by molar-refractivity contribution is -0.112. The van der Waals surface area contributed by atoms with Crippen molar-refractivity contribution in [2.75, 3.05) is 11.1 Å². The summed E-state index contributed by atoms with van der Waals surface area (Å²) in [5.74, 6) is 0.482. The summed E-state index contributed by atoms with van der Waals surface area (Å²) in [6.45, 7) is 5.38. The molecule has 0 saturated carbocycles. The Morgan fingerprint density at radius 3 is 2.58 bits per heavy atom. The first-order valence-corrected chi connectivity index (χ1v) is 12.8. The van der Waals surface area contributed by atoms with Crippen LogP contribution in [-0.2, 0) is 18.3 Å². The topological polar surface area (TPSA) is 103 Å². The van der Waals surface area contributed by atoms with Crippen LogP contribution in [0.25, 0.3) is 27.9 Å². The number of Topliss-reactive ketones (excluding diaryl/α,β-unsaturated/α-hetero) is 1. The smallest absolute Gasteiger partial charge is 0.250 e. The van der Waals surface area contributed by atoms with Gasteiger partial charge in [-0.2, -0.15) is 0 Å². The molecule has 0 aliphatic heterocycles. The molecule has 4 aromatic rings. The van der Waals surface area contributed by atoms with Gasteiger partial charge in [0.05, 0.1) is 11.1 Å². The van der Waals surface area contributed by atoms with Crippen LogP contribution in [0.4, 0.5) is 11.5 Å². The zero-order chi connectivity index (χ0) is 26.6. The molecule has 0 saturated heterocycles. The van der Waals surface area contributed by atoms with Crippen molar-refractivity contribution >= 4 is 39.8 Å². The number of nitrogens with zero attached hydrogens (tertiary/aromatic N) is 3. The molecule has 2 aliphatic carbocycles. The fraction of sp³-hybridized carbons (Fsp3) is 0.226. The molecule has 2 aromatic heterocycles. The standard InChI is InChI=1S/C31H29N5O2/c1-18(2)30(38)35-22-10-8-20(9-11-22)26-24(25-28(32)33-17-34-29(25)36(26)3)19-12-14-31(15-13-19)16-21-6-4-5-7-23(21)27(31)37/h4-12,17H,1,13-16H2,2-3H3,(H,35,38)(H2,32,33,34)/t31-/m1/s1. The average molecular weight is 504 g/mol. The molecule has 6 rings (SSSR count). The van der Waals surface area contributed by atoms with E-state index >= 15 is 0 Å². The van der Waals surface area contributed by atoms with Crippen LogP contribution in [0.15, 0.2) is 73.1 Å². The van der Waals surface area contributed by atoms with E-state index in [2.05, 4.69) is 34.0 Å². The number of aryl methyl sites for hydroxylation is 1. The van der Waals surface area contributed by atoms with Gasteiger partial charge in [0.1, 0.15) is 17.8 Å². The number of carbonyl (C=O) groups excluding carboxylic acids is 2. The van der Waals surface area contributed by atoms with Crippen LogP contribution in [-0.4, -0.2) is 26.2 Å². The Morgan fingerprint density at radius 2 is 1.89 bits per heavy atom. The zero-order valence-corrected chi connectivity index (χ0v) is 21.5. The number of amides is 1. The molecule has 2 aliphatic rings. The quantitative estimate of drug-likeness (QED) is 0.347. The van der Waals surface area contributed by atoms with Crippen LogP contribution in [0, 0.1) is 5.41 Å². The highest BCUT2D eigenvalue weighted by Gasteiger charge is 2.46. The minimum Gasteiger partial charge on any atom is -0.383 e. The van der Waals surface area contributed by atoms with Crippen molar-refractivity contribution in [2.24, 2.45) is 12.5 Å². The summed E-state index contributed by atoms with van der Waals surface area (Å²) >= 11 is 0. The van der Waals surface area contributed by atoms with Gasteiger partial charge < -0.3 is 15.6 Å². The second-order valence-corrected chi connectivity index (χ2v) is 10.4. The van der Waals surface area contributed by atoms with Crippen molar-refractivity contribution in [3.05, 3.63) is 89.8 Å². The molecule has 38 heavy (non-hydrogen) atoms. The molecule has 2 heterocycles. The molecule has 0 fully saturated rings. The molecular weight excluding hydrogens is 474 g/mol. The minimum absolute atomic E-state index is 0.212. The van der Waals surface area contributed by atoms with Gasteiger partial charge >= 0.3 is 0 Å². The Bertz CT molecular complexity index is 1680. The molecule has 2 aromatic carbocycles. The van der Waals surface area contributed by atoms with E-state index in [1.807, 2.05) is 54.1 Å². The van der Waals surface area contributed by atoms with Crippen molar-refractivity contribution in [3.8, 4) is 11.3 Å². The molecule has 190 valence electrons. The molecule has 7 nitrogen and oxygen atoms in total. The van der Waals surface area contributed by atoms with Crippen LogP contribution in [0.1, 0.15) is 47.7 Å². The fourth-order valence-electron chi connectivity index (χ4n) is 5.99. The third-order valence-electron chi connectivity index (χ3n) is 8.01. The molecule has 1 amide bonds. The maximum absolute atomic E-state index is 13.4. The first-order chi connectivity index (χ1) is 18.3. The van der Waals surface area contributed by atoms with Crippen molar-refractivity contribution < 1.29 is 9.59 Å². The third-order valence-corrected chi connectivity index (χ3v) is 8.01. The van der Waals surface area contributed by atoms with Crippen molar-refractivity contribution in [1.82, 2.24) is 14.5 Å². The highest BCUT2D eigenvalue weighted by atomic mass is 16.1. The molecule has 0 bridgehead atoms. The largest absolute Gasteiger partial charge is 0.383 e. The van der Waals surface area contributed by atoms with Crippen LogP contribution in [0.2, 0.25) is 0 Å². The number of hydrogen-bond donors (Lipinski definition) is 2. The summed E-state index contributed by atoms with van der Waals surface area (Å²) in [7, 11) is 1.98. The molecule has 1 spiro atoms. The second kappa shape index (κ2) is 8.80. The van der Waals surface area contributed by atoms with Gasteiger partial charge in [-0.3, -0.25) is 9.59 Å². The first kappa shape index (κ1) is 23.9.